The molecule has 0 saturated heterocycles. The predicted octanol–water partition coefficient (Wildman–Crippen LogP) is 4.70. The van der Waals surface area contributed by atoms with E-state index in [9.17, 15) is 8.78 Å². The molecule has 0 bridgehead atoms. The molecule has 2 aromatic rings. The van der Waals surface area contributed by atoms with Gasteiger partial charge < -0.3 is 0 Å². The summed E-state index contributed by atoms with van der Waals surface area (Å²) in [6.07, 6.45) is 0. The van der Waals surface area contributed by atoms with E-state index >= 15 is 0 Å². The summed E-state index contributed by atoms with van der Waals surface area (Å²) in [6.45, 7) is 1.93. The van der Waals surface area contributed by atoms with E-state index in [1.54, 1.807) is 12.1 Å². The third-order valence-corrected chi connectivity index (χ3v) is 2.80. The van der Waals surface area contributed by atoms with E-state index in [1.165, 1.54) is 12.1 Å². The summed E-state index contributed by atoms with van der Waals surface area (Å²) in [7, 11) is 0. The summed E-state index contributed by atoms with van der Waals surface area (Å²) >= 11 is 3.05. The summed E-state index contributed by atoms with van der Waals surface area (Å²) in [5.41, 5.74) is 1.62. The third-order valence-electron chi connectivity index (χ3n) is 2.35. The van der Waals surface area contributed by atoms with Crippen LogP contribution in [0.15, 0.2) is 40.9 Å². The Morgan fingerprint density at radius 1 is 0.938 bits per heavy atom. The highest BCUT2D eigenvalue weighted by Crippen LogP contribution is 2.28. The molecule has 0 N–H and O–H groups in total. The fourth-order valence-electron chi connectivity index (χ4n) is 1.54. The lowest BCUT2D eigenvalue weighted by Crippen LogP contribution is -1.90. The molecule has 0 spiro atoms. The van der Waals surface area contributed by atoms with Crippen LogP contribution >= 0.6 is 15.9 Å². The summed E-state index contributed by atoms with van der Waals surface area (Å²) in [5.74, 6) is -1.12. The Morgan fingerprint density at radius 2 is 1.44 bits per heavy atom. The van der Waals surface area contributed by atoms with E-state index in [2.05, 4.69) is 15.9 Å². The SMILES string of the molecule is Cc1ccc(-c2c(F)cc(Br)cc2F)cc1. The van der Waals surface area contributed by atoms with Gasteiger partial charge in [-0.1, -0.05) is 45.8 Å². The van der Waals surface area contributed by atoms with Gasteiger partial charge in [0.25, 0.3) is 0 Å². The van der Waals surface area contributed by atoms with Gasteiger partial charge in [-0.15, -0.1) is 0 Å². The van der Waals surface area contributed by atoms with Crippen LogP contribution in [0.4, 0.5) is 8.78 Å². The van der Waals surface area contributed by atoms with Crippen LogP contribution < -0.4 is 0 Å². The molecule has 0 saturated carbocycles. The molecule has 0 aliphatic rings. The van der Waals surface area contributed by atoms with Gasteiger partial charge in [0.2, 0.25) is 0 Å². The van der Waals surface area contributed by atoms with Crippen LogP contribution in [0.3, 0.4) is 0 Å². The van der Waals surface area contributed by atoms with E-state index in [4.69, 9.17) is 0 Å². The highest BCUT2D eigenvalue weighted by Gasteiger charge is 2.12. The minimum Gasteiger partial charge on any atom is -0.206 e. The molecule has 2 rings (SSSR count). The molecule has 16 heavy (non-hydrogen) atoms. The minimum absolute atomic E-state index is 0.0169. The van der Waals surface area contributed by atoms with E-state index in [0.717, 1.165) is 5.56 Å². The van der Waals surface area contributed by atoms with Gasteiger partial charge in [-0.25, -0.2) is 8.78 Å². The third kappa shape index (κ3) is 2.14. The molecule has 0 aromatic heterocycles. The predicted molar refractivity (Wildman–Crippen MR) is 64.2 cm³/mol. The number of rotatable bonds is 1. The number of aryl methyl sites for hydroxylation is 1. The zero-order chi connectivity index (χ0) is 11.7. The fraction of sp³-hybridized carbons (Fsp3) is 0.0769. The Hall–Kier alpha value is -1.22. The summed E-state index contributed by atoms with van der Waals surface area (Å²) in [5, 5.41) is 0. The van der Waals surface area contributed by atoms with Gasteiger partial charge in [-0.3, -0.25) is 0 Å². The smallest absolute Gasteiger partial charge is 0.135 e. The van der Waals surface area contributed by atoms with Crippen molar-refractivity contribution in [2.75, 3.05) is 0 Å². The van der Waals surface area contributed by atoms with Crippen LogP contribution in [0.25, 0.3) is 11.1 Å². The van der Waals surface area contributed by atoms with Crippen molar-refractivity contribution in [3.8, 4) is 11.1 Å². The Labute approximate surface area is 101 Å². The molecular formula is C13H9BrF2. The van der Waals surface area contributed by atoms with Gasteiger partial charge >= 0.3 is 0 Å². The van der Waals surface area contributed by atoms with Crippen molar-refractivity contribution in [3.05, 3.63) is 58.1 Å². The number of halogens is 3. The molecule has 82 valence electrons. The molecule has 0 atom stereocenters. The molecule has 0 radical (unpaired) electrons. The molecule has 0 nitrogen and oxygen atoms in total. The summed E-state index contributed by atoms with van der Waals surface area (Å²) in [4.78, 5) is 0. The zero-order valence-electron chi connectivity index (χ0n) is 8.60. The zero-order valence-corrected chi connectivity index (χ0v) is 10.2. The van der Waals surface area contributed by atoms with Crippen LogP contribution in [0.5, 0.6) is 0 Å². The number of benzene rings is 2. The van der Waals surface area contributed by atoms with Crippen molar-refractivity contribution in [1.29, 1.82) is 0 Å². The molecule has 3 heteroatoms. The highest BCUT2D eigenvalue weighted by molar-refractivity contribution is 9.10. The lowest BCUT2D eigenvalue weighted by Gasteiger charge is -2.06. The van der Waals surface area contributed by atoms with Gasteiger partial charge in [0.05, 0.1) is 5.56 Å². The Bertz CT molecular complexity index is 495. The van der Waals surface area contributed by atoms with Crippen LogP contribution in [-0.2, 0) is 0 Å². The maximum absolute atomic E-state index is 13.6. The van der Waals surface area contributed by atoms with Crippen molar-refractivity contribution in [2.24, 2.45) is 0 Å². The second-order valence-electron chi connectivity index (χ2n) is 3.61. The average Bonchev–Trinajstić information content (AvgIpc) is 2.19. The number of hydrogen-bond donors (Lipinski definition) is 0. The minimum atomic E-state index is -0.560. The number of hydrogen-bond acceptors (Lipinski definition) is 0. The van der Waals surface area contributed by atoms with Crippen molar-refractivity contribution in [2.45, 2.75) is 6.92 Å². The average molecular weight is 283 g/mol. The Balaban J connectivity index is 2.60. The van der Waals surface area contributed by atoms with E-state index in [0.29, 0.717) is 10.0 Å². The highest BCUT2D eigenvalue weighted by atomic mass is 79.9. The molecule has 2 aromatic carbocycles. The van der Waals surface area contributed by atoms with E-state index in [1.807, 2.05) is 19.1 Å². The molecular weight excluding hydrogens is 274 g/mol. The largest absolute Gasteiger partial charge is 0.206 e. The van der Waals surface area contributed by atoms with Crippen LogP contribution in [0.1, 0.15) is 5.56 Å². The van der Waals surface area contributed by atoms with Gasteiger partial charge in [-0.2, -0.15) is 0 Å². The normalized spacial score (nSPS) is 10.5. The van der Waals surface area contributed by atoms with Crippen molar-refractivity contribution < 1.29 is 8.78 Å². The fourth-order valence-corrected chi connectivity index (χ4v) is 1.94. The van der Waals surface area contributed by atoms with Gasteiger partial charge in [0.15, 0.2) is 0 Å². The first-order valence-corrected chi connectivity index (χ1v) is 5.59. The second-order valence-corrected chi connectivity index (χ2v) is 4.53. The van der Waals surface area contributed by atoms with Crippen molar-refractivity contribution >= 4 is 15.9 Å². The van der Waals surface area contributed by atoms with E-state index < -0.39 is 11.6 Å². The summed E-state index contributed by atoms with van der Waals surface area (Å²) < 4.78 is 27.7. The molecule has 0 unspecified atom stereocenters. The Kier molecular flexibility index (Phi) is 3.06. The van der Waals surface area contributed by atoms with Crippen LogP contribution in [0, 0.1) is 18.6 Å². The first-order valence-electron chi connectivity index (χ1n) is 4.79. The van der Waals surface area contributed by atoms with Gasteiger partial charge in [0, 0.05) is 4.47 Å². The van der Waals surface area contributed by atoms with Crippen molar-refractivity contribution in [1.82, 2.24) is 0 Å². The quantitative estimate of drug-likeness (QED) is 0.711. The first kappa shape index (κ1) is 11.3. The monoisotopic (exact) mass is 282 g/mol. The second kappa shape index (κ2) is 4.34. The van der Waals surface area contributed by atoms with Crippen LogP contribution in [-0.4, -0.2) is 0 Å². The standard InChI is InChI=1S/C13H9BrF2/c1-8-2-4-9(5-3-8)13-11(15)6-10(14)7-12(13)16/h2-7H,1H3. The summed E-state index contributed by atoms with van der Waals surface area (Å²) in [6, 6.07) is 9.61. The van der Waals surface area contributed by atoms with Crippen LogP contribution in [0.2, 0.25) is 0 Å². The van der Waals surface area contributed by atoms with E-state index in [-0.39, 0.29) is 5.56 Å². The lowest BCUT2D eigenvalue weighted by atomic mass is 10.0. The molecule has 0 amide bonds. The molecule has 0 aliphatic carbocycles. The van der Waals surface area contributed by atoms with Crippen molar-refractivity contribution in [3.63, 3.8) is 0 Å². The van der Waals surface area contributed by atoms with Gasteiger partial charge in [-0.05, 0) is 24.6 Å². The molecule has 0 heterocycles. The lowest BCUT2D eigenvalue weighted by molar-refractivity contribution is 0.588. The van der Waals surface area contributed by atoms with Gasteiger partial charge in [0.1, 0.15) is 11.6 Å². The molecule has 0 aliphatic heterocycles. The maximum atomic E-state index is 13.6. The first-order chi connectivity index (χ1) is 7.58. The topological polar surface area (TPSA) is 0 Å². The Morgan fingerprint density at radius 3 is 1.94 bits per heavy atom. The molecule has 0 fully saturated rings. The maximum Gasteiger partial charge on any atom is 0.135 e.